The molecular formula is C87H89F4N25O12. The normalized spacial score (nSPS) is 12.8. The van der Waals surface area contributed by atoms with Crippen LogP contribution in [0, 0.1) is 34.6 Å². The highest BCUT2D eigenvalue weighted by molar-refractivity contribution is 5.98. The Labute approximate surface area is 728 Å². The summed E-state index contributed by atoms with van der Waals surface area (Å²) in [7, 11) is 7.82. The molecule has 0 atom stereocenters. The van der Waals surface area contributed by atoms with Crippen LogP contribution in [0.5, 0.6) is 28.7 Å². The number of likely N-dealkylation sites (tertiary alicyclic amines) is 2. The number of hydrogen-bond acceptors (Lipinski definition) is 27. The van der Waals surface area contributed by atoms with Gasteiger partial charge in [-0.05, 0) is 184 Å². The molecule has 10 aromatic heterocycles. The molecule has 3 aliphatic rings. The van der Waals surface area contributed by atoms with E-state index in [0.29, 0.717) is 112 Å². The molecule has 3 fully saturated rings. The lowest BCUT2D eigenvalue weighted by molar-refractivity contribution is -0.153. The number of methoxy groups -OCH3 is 5. The second kappa shape index (κ2) is 39.3. The van der Waals surface area contributed by atoms with Crippen molar-refractivity contribution in [3.63, 3.8) is 0 Å². The highest BCUT2D eigenvalue weighted by Crippen LogP contribution is 2.37. The smallest absolute Gasteiger partial charge is 0.422 e. The first-order chi connectivity index (χ1) is 61.6. The van der Waals surface area contributed by atoms with Crippen LogP contribution in [0.1, 0.15) is 75.7 Å². The molecule has 41 heteroatoms. The maximum absolute atomic E-state index is 13.0. The zero-order valence-electron chi connectivity index (χ0n) is 71.0. The number of amides is 5. The van der Waals surface area contributed by atoms with E-state index in [1.807, 2.05) is 137 Å². The van der Waals surface area contributed by atoms with Gasteiger partial charge in [-0.2, -0.15) is 38.1 Å². The number of nitrogens with zero attached hydrogens (tertiary/aromatic N) is 18. The molecule has 5 amide bonds. The molecule has 0 unspecified atom stereocenters. The summed E-state index contributed by atoms with van der Waals surface area (Å²) in [6.45, 7) is 12.1. The second-order valence-corrected chi connectivity index (χ2v) is 29.4. The first-order valence-electron chi connectivity index (χ1n) is 39.9. The van der Waals surface area contributed by atoms with Crippen LogP contribution in [0.25, 0.3) is 28.2 Å². The topological polar surface area (TPSA) is 409 Å². The van der Waals surface area contributed by atoms with E-state index >= 15 is 0 Å². The average molecular weight is 1750 g/mol. The van der Waals surface area contributed by atoms with Crippen LogP contribution in [0.2, 0.25) is 0 Å². The third-order valence-electron chi connectivity index (χ3n) is 19.8. The molecule has 37 nitrogen and oxygen atoms in total. The summed E-state index contributed by atoms with van der Waals surface area (Å²) in [5, 5.41) is 39.9. The summed E-state index contributed by atoms with van der Waals surface area (Å²) in [5.41, 5.74) is 19.3. The van der Waals surface area contributed by atoms with Crippen molar-refractivity contribution in [3.05, 3.63) is 233 Å². The number of cyclic esters (lactones) is 1. The highest BCUT2D eigenvalue weighted by atomic mass is 19.4. The van der Waals surface area contributed by atoms with E-state index in [9.17, 15) is 41.5 Å². The number of halogens is 4. The Kier molecular flexibility index (Phi) is 27.1. The Hall–Kier alpha value is -16.0. The van der Waals surface area contributed by atoms with Crippen molar-refractivity contribution in [3.8, 4) is 28.7 Å². The van der Waals surface area contributed by atoms with Crippen LogP contribution in [-0.2, 0) is 9.47 Å². The van der Waals surface area contributed by atoms with Crippen molar-refractivity contribution in [2.45, 2.75) is 53.4 Å². The number of hydrogen-bond donors (Lipinski definition) is 7. The molecule has 0 saturated carbocycles. The minimum absolute atomic E-state index is 0.0197. The molecular weight excluding hydrogens is 1660 g/mol. The summed E-state index contributed by atoms with van der Waals surface area (Å²) < 4.78 is 95.1. The lowest BCUT2D eigenvalue weighted by atomic mass is 10.1. The van der Waals surface area contributed by atoms with Gasteiger partial charge in [-0.1, -0.05) is 30.3 Å². The number of fused-ring (bicyclic) bond motifs is 5. The number of nitrogens with two attached hydrogens (primary N) is 1. The Morgan fingerprint density at radius 3 is 1.12 bits per heavy atom. The number of anilines is 11. The lowest BCUT2D eigenvalue weighted by Gasteiger charge is -2.34. The van der Waals surface area contributed by atoms with Gasteiger partial charge in [-0.15, -0.1) is 25.5 Å². The van der Waals surface area contributed by atoms with Gasteiger partial charge < -0.3 is 80.6 Å². The number of benzene rings is 5. The van der Waals surface area contributed by atoms with E-state index in [-0.39, 0.29) is 59.9 Å². The molecule has 0 aliphatic carbocycles. The van der Waals surface area contributed by atoms with E-state index in [1.165, 1.54) is 28.7 Å². The van der Waals surface area contributed by atoms with Crippen LogP contribution in [0.15, 0.2) is 183 Å². The summed E-state index contributed by atoms with van der Waals surface area (Å²) in [6.07, 6.45) is 4.64. The number of carbonyl (C=O) groups is 5. The SMILES string of the molecule is COCCNC(=O)c1ccc(Nc2nc3ccc(C)cn3n2)c(OC)c1.COc1cc(C(=O)N2CC(F)C2)ccc1Nc1nc2ccc(C)cn2n1.COc1cc(C(=O)N2CCC2)ccc1Nc1nc2ccc(C)cn2n1.COc1cc(N2CCOC2=O)ccc1Nc1nc2ccc(C)cn2n1.Cc1ccc2nc(Nc3ccc(C(N)=O)cc3OCC(F)(F)F)nn2c1. The van der Waals surface area contributed by atoms with Gasteiger partial charge in [0.2, 0.25) is 35.6 Å². The van der Waals surface area contributed by atoms with Gasteiger partial charge in [0, 0.05) is 86.0 Å². The zero-order valence-corrected chi connectivity index (χ0v) is 71.0. The number of ether oxygens (including phenoxy) is 7. The fourth-order valence-electron chi connectivity index (χ4n) is 13.1. The van der Waals surface area contributed by atoms with E-state index in [4.69, 9.17) is 38.9 Å². The molecule has 0 radical (unpaired) electrons. The molecule has 3 saturated heterocycles. The molecule has 662 valence electrons. The number of carbonyl (C=O) groups excluding carboxylic acids is 5. The predicted molar refractivity (Wildman–Crippen MR) is 468 cm³/mol. The van der Waals surface area contributed by atoms with Gasteiger partial charge in [0.25, 0.3) is 17.7 Å². The average Bonchev–Trinajstić information content (AvgIpc) is 1.26. The minimum atomic E-state index is -4.53. The number of rotatable bonds is 24. The fraction of sp³-hybridized carbons (Fsp3) is 0.253. The van der Waals surface area contributed by atoms with Crippen molar-refractivity contribution >= 4 is 122 Å². The molecule has 0 spiro atoms. The monoisotopic (exact) mass is 1750 g/mol. The lowest BCUT2D eigenvalue weighted by Crippen LogP contribution is -2.51. The first-order valence-corrected chi connectivity index (χ1v) is 39.9. The molecule has 0 bridgehead atoms. The first kappa shape index (κ1) is 88.3. The highest BCUT2D eigenvalue weighted by Gasteiger charge is 2.33. The van der Waals surface area contributed by atoms with Crippen LogP contribution in [0.3, 0.4) is 0 Å². The third-order valence-corrected chi connectivity index (χ3v) is 19.8. The number of primary amides is 1. The summed E-state index contributed by atoms with van der Waals surface area (Å²) in [6, 6.07) is 44.0. The fourth-order valence-corrected chi connectivity index (χ4v) is 13.1. The van der Waals surface area contributed by atoms with Crippen molar-refractivity contribution in [2.75, 3.05) is 126 Å². The Bertz CT molecular complexity index is 6590. The Balaban J connectivity index is 0.000000129. The van der Waals surface area contributed by atoms with E-state index in [1.54, 1.807) is 118 Å². The van der Waals surface area contributed by atoms with Gasteiger partial charge in [-0.3, -0.25) is 24.1 Å². The van der Waals surface area contributed by atoms with Gasteiger partial charge in [0.05, 0.1) is 88.8 Å². The third kappa shape index (κ3) is 21.8. The number of nitrogens with one attached hydrogen (secondary N) is 6. The van der Waals surface area contributed by atoms with Gasteiger partial charge >= 0.3 is 12.3 Å². The zero-order chi connectivity index (χ0) is 90.5. The minimum Gasteiger partial charge on any atom is -0.495 e. The molecule has 18 rings (SSSR count). The van der Waals surface area contributed by atoms with Crippen molar-refractivity contribution in [1.29, 1.82) is 0 Å². The summed E-state index contributed by atoms with van der Waals surface area (Å²) in [4.78, 5) is 86.6. The summed E-state index contributed by atoms with van der Waals surface area (Å²) >= 11 is 0. The number of aryl methyl sites for hydroxylation is 5. The maximum Gasteiger partial charge on any atom is 0.422 e. The molecule has 8 N–H and O–H groups in total. The van der Waals surface area contributed by atoms with Crippen molar-refractivity contribution in [1.82, 2.24) is 88.1 Å². The standard InChI is InChI=1S/C18H18FN5O2.C18H21N5O3.C18H19N5O2.C17H17N5O3.C16H14F3N5O2/c1-11-3-6-16-21-18(22-24(16)8-11)20-14-5-4-12(7-15(14)26-2)17(25)23-9-13(19)10-23;1-12-4-7-16-21-18(22-23(16)11-12)20-14-6-5-13(10-15(14)26-3)17(24)19-8-9-25-2;1-12-4-7-16-20-18(21-23(16)11-12)19-14-6-5-13(10-15(14)25-2)17(24)22-8-3-9-22;1-11-3-6-15-19-16(20-22(15)10-11)18-13-5-4-12(9-14(13)24-2)21-7-8-25-17(21)23;1-9-2-5-13-22-15(23-24(13)7-9)21-11-4-3-10(14(20)25)6-12(11)26-8-16(17,18)19/h3-8,13H,9-10H2,1-2H3,(H,20,22);4-7,10-11H,8-9H2,1-3H3,(H,19,24)(H,20,22);4-7,10-11H,3,8-9H2,1-2H3,(H,19,21);3-6,9-10H,7-8H2,1-2H3,(H,18,20);2-7H,8H2,1H3,(H2,20,25)(H,21,23). The Morgan fingerprint density at radius 2 is 0.789 bits per heavy atom. The Morgan fingerprint density at radius 1 is 0.445 bits per heavy atom. The second-order valence-electron chi connectivity index (χ2n) is 29.4. The van der Waals surface area contributed by atoms with Crippen LogP contribution in [-0.4, -0.2) is 219 Å². The molecule has 5 aromatic carbocycles. The van der Waals surface area contributed by atoms with Crippen molar-refractivity contribution in [2.24, 2.45) is 5.73 Å². The summed E-state index contributed by atoms with van der Waals surface area (Å²) in [5.74, 6) is 2.86. The van der Waals surface area contributed by atoms with Gasteiger partial charge in [-0.25, -0.2) is 31.8 Å². The van der Waals surface area contributed by atoms with Gasteiger partial charge in [0.15, 0.2) is 34.8 Å². The van der Waals surface area contributed by atoms with E-state index in [2.05, 4.69) is 82.3 Å². The van der Waals surface area contributed by atoms with Crippen LogP contribution in [0.4, 0.5) is 86.2 Å². The predicted octanol–water partition coefficient (Wildman–Crippen LogP) is 13.0. The molecule has 13 heterocycles. The molecule has 15 aromatic rings. The number of alkyl halides is 4. The van der Waals surface area contributed by atoms with Crippen LogP contribution < -0.4 is 66.2 Å². The maximum atomic E-state index is 13.0. The van der Waals surface area contributed by atoms with E-state index < -0.39 is 24.9 Å². The van der Waals surface area contributed by atoms with Crippen LogP contribution >= 0.6 is 0 Å². The van der Waals surface area contributed by atoms with E-state index in [0.717, 1.165) is 87.4 Å². The van der Waals surface area contributed by atoms with Gasteiger partial charge in [0.1, 0.15) is 41.5 Å². The molecule has 3 aliphatic heterocycles. The number of pyridine rings is 5. The molecule has 128 heavy (non-hydrogen) atoms. The quantitative estimate of drug-likeness (QED) is 0.0218. The number of aromatic nitrogens is 15. The van der Waals surface area contributed by atoms with Crippen molar-refractivity contribution < 1.29 is 74.7 Å². The largest absolute Gasteiger partial charge is 0.495 e.